The summed E-state index contributed by atoms with van der Waals surface area (Å²) in [6.07, 6.45) is 6.10. The summed E-state index contributed by atoms with van der Waals surface area (Å²) in [5, 5.41) is 11.8. The van der Waals surface area contributed by atoms with Gasteiger partial charge < -0.3 is 10.4 Å². The summed E-state index contributed by atoms with van der Waals surface area (Å²) >= 11 is 0. The zero-order valence-corrected chi connectivity index (χ0v) is 14.6. The molecule has 0 aliphatic heterocycles. The number of aliphatic carboxylic acids is 1. The third kappa shape index (κ3) is 5.89. The van der Waals surface area contributed by atoms with Gasteiger partial charge in [0.25, 0.3) is 0 Å². The number of hydrogen-bond donors (Lipinski definition) is 2. The third-order valence-electron chi connectivity index (χ3n) is 4.57. The van der Waals surface area contributed by atoms with E-state index >= 15 is 0 Å². The highest BCUT2D eigenvalue weighted by Gasteiger charge is 2.26. The van der Waals surface area contributed by atoms with Crippen LogP contribution in [0.5, 0.6) is 0 Å². The van der Waals surface area contributed by atoms with Crippen LogP contribution in [0.2, 0.25) is 0 Å². The van der Waals surface area contributed by atoms with Gasteiger partial charge in [-0.3, -0.25) is 19.3 Å². The van der Waals surface area contributed by atoms with Crippen LogP contribution in [0.3, 0.4) is 0 Å². The molecule has 1 aromatic carbocycles. The molecule has 2 N–H and O–H groups in total. The van der Waals surface area contributed by atoms with Crippen LogP contribution < -0.4 is 10.2 Å². The minimum Gasteiger partial charge on any atom is -0.480 e. The van der Waals surface area contributed by atoms with Crippen molar-refractivity contribution in [3.8, 4) is 0 Å². The van der Waals surface area contributed by atoms with Crippen LogP contribution in [0, 0.1) is 5.92 Å². The van der Waals surface area contributed by atoms with E-state index in [1.165, 1.54) is 11.3 Å². The molecule has 0 bridgehead atoms. The van der Waals surface area contributed by atoms with E-state index in [9.17, 15) is 14.4 Å². The highest BCUT2D eigenvalue weighted by atomic mass is 16.4. The Morgan fingerprint density at radius 1 is 1.16 bits per heavy atom. The number of carboxylic acids is 1. The minimum absolute atomic E-state index is 0.143. The Balaban J connectivity index is 1.97. The molecule has 0 radical (unpaired) electrons. The molecule has 25 heavy (non-hydrogen) atoms. The number of hydrogen-bond acceptors (Lipinski definition) is 3. The minimum atomic E-state index is -1.10. The van der Waals surface area contributed by atoms with E-state index in [1.54, 1.807) is 37.3 Å². The van der Waals surface area contributed by atoms with Gasteiger partial charge >= 0.3 is 5.97 Å². The monoisotopic (exact) mass is 346 g/mol. The third-order valence-corrected chi connectivity index (χ3v) is 4.57. The fraction of sp³-hybridized carbons (Fsp3) is 0.526. The van der Waals surface area contributed by atoms with Gasteiger partial charge in [0.1, 0.15) is 12.6 Å². The van der Waals surface area contributed by atoms with Gasteiger partial charge in [0.05, 0.1) is 0 Å². The molecule has 0 saturated heterocycles. The van der Waals surface area contributed by atoms with Crippen molar-refractivity contribution in [2.75, 3.05) is 11.4 Å². The standard InChI is InChI=1S/C19H26N2O4/c1-14(20-17(22)12-15-8-4-2-5-9-15)19(25)21(13-18(23)24)16-10-6-3-7-11-16/h3,6-7,10-11,14-15H,2,4-5,8-9,12-13H2,1H3,(H,20,22)(H,23,24). The molecule has 0 heterocycles. The van der Waals surface area contributed by atoms with Gasteiger partial charge in [0, 0.05) is 12.1 Å². The van der Waals surface area contributed by atoms with Crippen molar-refractivity contribution in [1.82, 2.24) is 5.32 Å². The predicted octanol–water partition coefficient (Wildman–Crippen LogP) is 2.58. The number of rotatable bonds is 7. The summed E-state index contributed by atoms with van der Waals surface area (Å²) in [4.78, 5) is 37.2. The number of carbonyl (C=O) groups is 3. The van der Waals surface area contributed by atoms with Crippen LogP contribution in [0.1, 0.15) is 45.4 Å². The lowest BCUT2D eigenvalue weighted by Gasteiger charge is -2.26. The first-order valence-electron chi connectivity index (χ1n) is 8.85. The number of para-hydroxylation sites is 1. The number of benzene rings is 1. The van der Waals surface area contributed by atoms with Crippen molar-refractivity contribution >= 4 is 23.5 Å². The zero-order valence-electron chi connectivity index (χ0n) is 14.6. The number of amides is 2. The van der Waals surface area contributed by atoms with Gasteiger partial charge in [-0.2, -0.15) is 0 Å². The average molecular weight is 346 g/mol. The molecular formula is C19H26N2O4. The van der Waals surface area contributed by atoms with Crippen molar-refractivity contribution in [2.24, 2.45) is 5.92 Å². The van der Waals surface area contributed by atoms with Gasteiger partial charge in [0.2, 0.25) is 11.8 Å². The van der Waals surface area contributed by atoms with E-state index in [0.717, 1.165) is 25.7 Å². The van der Waals surface area contributed by atoms with Gasteiger partial charge in [0.15, 0.2) is 0 Å². The van der Waals surface area contributed by atoms with E-state index in [1.807, 2.05) is 0 Å². The Hall–Kier alpha value is -2.37. The first-order valence-corrected chi connectivity index (χ1v) is 8.85. The van der Waals surface area contributed by atoms with Crippen molar-refractivity contribution in [3.05, 3.63) is 30.3 Å². The number of carbonyl (C=O) groups excluding carboxylic acids is 2. The van der Waals surface area contributed by atoms with Crippen molar-refractivity contribution in [1.29, 1.82) is 0 Å². The molecular weight excluding hydrogens is 320 g/mol. The van der Waals surface area contributed by atoms with Crippen LogP contribution in [0.4, 0.5) is 5.69 Å². The summed E-state index contributed by atoms with van der Waals surface area (Å²) in [6.45, 7) is 1.16. The molecule has 1 aliphatic rings. The van der Waals surface area contributed by atoms with Crippen molar-refractivity contribution in [3.63, 3.8) is 0 Å². The second-order valence-corrected chi connectivity index (χ2v) is 6.65. The molecule has 6 nitrogen and oxygen atoms in total. The quantitative estimate of drug-likeness (QED) is 0.794. The average Bonchev–Trinajstić information content (AvgIpc) is 2.60. The summed E-state index contributed by atoms with van der Waals surface area (Å²) < 4.78 is 0. The summed E-state index contributed by atoms with van der Waals surface area (Å²) in [6, 6.07) is 7.86. The molecule has 0 aromatic heterocycles. The van der Waals surface area contributed by atoms with Crippen LogP contribution in [-0.2, 0) is 14.4 Å². The van der Waals surface area contributed by atoms with Gasteiger partial charge in [-0.25, -0.2) is 0 Å². The summed E-state index contributed by atoms with van der Waals surface area (Å²) in [5.41, 5.74) is 0.503. The SMILES string of the molecule is CC(NC(=O)CC1CCCCC1)C(=O)N(CC(=O)O)c1ccccc1. The highest BCUT2D eigenvalue weighted by molar-refractivity contribution is 6.01. The molecule has 2 amide bonds. The van der Waals surface area contributed by atoms with E-state index in [-0.39, 0.29) is 5.91 Å². The van der Waals surface area contributed by atoms with Gasteiger partial charge in [-0.05, 0) is 37.8 Å². The smallest absolute Gasteiger partial charge is 0.323 e. The van der Waals surface area contributed by atoms with E-state index < -0.39 is 24.5 Å². The molecule has 6 heteroatoms. The number of anilines is 1. The lowest BCUT2D eigenvalue weighted by molar-refractivity contribution is -0.137. The fourth-order valence-electron chi connectivity index (χ4n) is 3.29. The largest absolute Gasteiger partial charge is 0.480 e. The van der Waals surface area contributed by atoms with Crippen LogP contribution in [0.25, 0.3) is 0 Å². The van der Waals surface area contributed by atoms with Crippen LogP contribution in [0.15, 0.2) is 30.3 Å². The van der Waals surface area contributed by atoms with Crippen molar-refractivity contribution in [2.45, 2.75) is 51.5 Å². The molecule has 1 saturated carbocycles. The van der Waals surface area contributed by atoms with Crippen molar-refractivity contribution < 1.29 is 19.5 Å². The Bertz CT molecular complexity index is 597. The maximum atomic E-state index is 12.7. The van der Waals surface area contributed by atoms with E-state index in [0.29, 0.717) is 18.0 Å². The Kier molecular flexibility index (Phi) is 6.98. The molecule has 1 atom stereocenters. The molecule has 1 unspecified atom stereocenters. The summed E-state index contributed by atoms with van der Waals surface area (Å²) in [5.74, 6) is -1.28. The second-order valence-electron chi connectivity index (χ2n) is 6.65. The number of nitrogens with one attached hydrogen (secondary N) is 1. The van der Waals surface area contributed by atoms with Crippen LogP contribution in [-0.4, -0.2) is 35.5 Å². The number of nitrogens with zero attached hydrogens (tertiary/aromatic N) is 1. The first-order chi connectivity index (χ1) is 12.0. The fourth-order valence-corrected chi connectivity index (χ4v) is 3.29. The van der Waals surface area contributed by atoms with Gasteiger partial charge in [-0.1, -0.05) is 37.5 Å². The molecule has 0 spiro atoms. The Morgan fingerprint density at radius 3 is 2.40 bits per heavy atom. The van der Waals surface area contributed by atoms with E-state index in [4.69, 9.17) is 5.11 Å². The Labute approximate surface area is 148 Å². The Morgan fingerprint density at radius 2 is 1.80 bits per heavy atom. The molecule has 1 aromatic rings. The molecule has 1 aliphatic carbocycles. The zero-order chi connectivity index (χ0) is 18.2. The predicted molar refractivity (Wildman–Crippen MR) is 95.2 cm³/mol. The maximum absolute atomic E-state index is 12.7. The van der Waals surface area contributed by atoms with E-state index in [2.05, 4.69) is 5.32 Å². The normalized spacial score (nSPS) is 16.0. The lowest BCUT2D eigenvalue weighted by atomic mass is 9.87. The molecule has 1 fully saturated rings. The molecule has 2 rings (SSSR count). The maximum Gasteiger partial charge on any atom is 0.323 e. The topological polar surface area (TPSA) is 86.7 Å². The van der Waals surface area contributed by atoms with Gasteiger partial charge in [-0.15, -0.1) is 0 Å². The highest BCUT2D eigenvalue weighted by Crippen LogP contribution is 2.26. The lowest BCUT2D eigenvalue weighted by Crippen LogP contribution is -2.49. The molecule has 136 valence electrons. The first kappa shape index (κ1) is 19.0. The van der Waals surface area contributed by atoms with Crippen LogP contribution >= 0.6 is 0 Å². The second kappa shape index (κ2) is 9.20. The number of carboxylic acid groups (broad SMARTS) is 1. The summed E-state index contributed by atoms with van der Waals surface area (Å²) in [7, 11) is 0.